The van der Waals surface area contributed by atoms with E-state index in [4.69, 9.17) is 4.74 Å². The maximum absolute atomic E-state index is 12.7. The Hall–Kier alpha value is -2.95. The molecule has 2 heterocycles. The second-order valence-electron chi connectivity index (χ2n) is 5.35. The van der Waals surface area contributed by atoms with E-state index in [2.05, 4.69) is 9.97 Å². The van der Waals surface area contributed by atoms with Crippen molar-refractivity contribution >= 4 is 16.6 Å². The van der Waals surface area contributed by atoms with Gasteiger partial charge in [-0.3, -0.25) is 14.6 Å². The number of aromatic nitrogens is 2. The third kappa shape index (κ3) is 1.56. The van der Waals surface area contributed by atoms with Crippen LogP contribution in [-0.4, -0.2) is 22.9 Å². The van der Waals surface area contributed by atoms with Crippen LogP contribution in [-0.2, 0) is 0 Å². The second-order valence-corrected chi connectivity index (χ2v) is 5.35. The lowest BCUT2D eigenvalue weighted by Crippen LogP contribution is -2.10. The lowest BCUT2D eigenvalue weighted by atomic mass is 10.0. The van der Waals surface area contributed by atoms with Gasteiger partial charge < -0.3 is 9.72 Å². The quantitative estimate of drug-likeness (QED) is 0.585. The van der Waals surface area contributed by atoms with E-state index in [0.717, 1.165) is 5.56 Å². The van der Waals surface area contributed by atoms with Crippen LogP contribution in [0.3, 0.4) is 0 Å². The van der Waals surface area contributed by atoms with Crippen molar-refractivity contribution in [2.75, 3.05) is 7.11 Å². The summed E-state index contributed by atoms with van der Waals surface area (Å²) in [6.45, 7) is 1.91. The van der Waals surface area contributed by atoms with Gasteiger partial charge in [0.1, 0.15) is 5.75 Å². The topological polar surface area (TPSA) is 72.0 Å². The number of methoxy groups -OCH3 is 1. The first kappa shape index (κ1) is 12.8. The molecule has 0 unspecified atom stereocenters. The monoisotopic (exact) mass is 292 g/mol. The Labute approximate surface area is 125 Å². The van der Waals surface area contributed by atoms with Gasteiger partial charge in [0.25, 0.3) is 5.56 Å². The first-order valence-corrected chi connectivity index (χ1v) is 6.86. The zero-order valence-electron chi connectivity index (χ0n) is 12.1. The van der Waals surface area contributed by atoms with Gasteiger partial charge in [-0.25, -0.2) is 0 Å². The zero-order valence-corrected chi connectivity index (χ0v) is 12.1. The van der Waals surface area contributed by atoms with E-state index < -0.39 is 0 Å². The van der Waals surface area contributed by atoms with E-state index in [0.29, 0.717) is 39.0 Å². The number of benzene rings is 1. The molecule has 4 rings (SSSR count). The maximum atomic E-state index is 12.7. The van der Waals surface area contributed by atoms with E-state index >= 15 is 0 Å². The van der Waals surface area contributed by atoms with Crippen LogP contribution in [0.15, 0.2) is 35.3 Å². The van der Waals surface area contributed by atoms with Crippen molar-refractivity contribution in [3.05, 3.63) is 57.5 Å². The number of aromatic amines is 1. The summed E-state index contributed by atoms with van der Waals surface area (Å²) in [6, 6.07) is 7.16. The van der Waals surface area contributed by atoms with Crippen LogP contribution in [0.5, 0.6) is 5.75 Å². The largest absolute Gasteiger partial charge is 0.495 e. The Morgan fingerprint density at radius 1 is 1.14 bits per heavy atom. The minimum Gasteiger partial charge on any atom is -0.495 e. The minimum atomic E-state index is -0.212. The summed E-state index contributed by atoms with van der Waals surface area (Å²) in [5.41, 5.74) is 2.71. The summed E-state index contributed by atoms with van der Waals surface area (Å²) >= 11 is 0. The molecule has 0 spiro atoms. The summed E-state index contributed by atoms with van der Waals surface area (Å²) < 4.78 is 5.13. The number of carbonyl (C=O) groups is 1. The van der Waals surface area contributed by atoms with Gasteiger partial charge in [0.15, 0.2) is 5.78 Å². The van der Waals surface area contributed by atoms with Crippen LogP contribution >= 0.6 is 0 Å². The molecule has 0 saturated carbocycles. The van der Waals surface area contributed by atoms with E-state index in [-0.39, 0.29) is 11.3 Å². The van der Waals surface area contributed by atoms with Crippen LogP contribution in [0.2, 0.25) is 0 Å². The molecule has 22 heavy (non-hydrogen) atoms. The van der Waals surface area contributed by atoms with Crippen LogP contribution in [0, 0.1) is 6.92 Å². The third-order valence-corrected chi connectivity index (χ3v) is 3.98. The van der Waals surface area contributed by atoms with Crippen LogP contribution in [0.4, 0.5) is 0 Å². The van der Waals surface area contributed by atoms with Crippen LogP contribution < -0.4 is 10.3 Å². The van der Waals surface area contributed by atoms with Gasteiger partial charge in [0.2, 0.25) is 0 Å². The van der Waals surface area contributed by atoms with Crippen molar-refractivity contribution in [3.63, 3.8) is 0 Å². The van der Waals surface area contributed by atoms with Gasteiger partial charge in [-0.2, -0.15) is 0 Å². The summed E-state index contributed by atoms with van der Waals surface area (Å²) in [6.07, 6.45) is 1.54. The summed E-state index contributed by atoms with van der Waals surface area (Å²) in [5, 5.41) is 1.18. The Balaban J connectivity index is 2.12. The summed E-state index contributed by atoms with van der Waals surface area (Å²) in [7, 11) is 1.52. The lowest BCUT2D eigenvalue weighted by Gasteiger charge is -2.04. The fourth-order valence-electron chi connectivity index (χ4n) is 2.92. The molecule has 0 atom stereocenters. The van der Waals surface area contributed by atoms with Crippen molar-refractivity contribution in [2.45, 2.75) is 6.92 Å². The highest BCUT2D eigenvalue weighted by Gasteiger charge is 2.31. The van der Waals surface area contributed by atoms with Gasteiger partial charge in [0.05, 0.1) is 35.8 Å². The van der Waals surface area contributed by atoms with Crippen molar-refractivity contribution in [3.8, 4) is 17.1 Å². The molecule has 3 aromatic rings. The molecule has 0 fully saturated rings. The molecule has 0 bridgehead atoms. The normalized spacial score (nSPS) is 12.4. The van der Waals surface area contributed by atoms with Crippen molar-refractivity contribution in [2.24, 2.45) is 0 Å². The van der Waals surface area contributed by atoms with E-state index in [1.807, 2.05) is 19.1 Å². The number of aryl methyl sites for hydroxylation is 1. The first-order chi connectivity index (χ1) is 10.6. The van der Waals surface area contributed by atoms with Crippen molar-refractivity contribution in [1.82, 2.24) is 9.97 Å². The van der Waals surface area contributed by atoms with Gasteiger partial charge >= 0.3 is 0 Å². The van der Waals surface area contributed by atoms with Crippen LogP contribution in [0.1, 0.15) is 21.5 Å². The molecule has 2 aromatic heterocycles. The molecule has 5 heteroatoms. The molecule has 1 aromatic carbocycles. The number of nitrogens with zero attached hydrogens (tertiary/aromatic N) is 1. The number of nitrogens with one attached hydrogen (secondary N) is 1. The maximum Gasteiger partial charge on any atom is 0.256 e. The highest BCUT2D eigenvalue weighted by Crippen LogP contribution is 2.37. The zero-order chi connectivity index (χ0) is 15.4. The second kappa shape index (κ2) is 4.27. The standard InChI is InChI=1S/C17H12N2O3/c1-8-3-4-10-11(5-8)17(21)19-15-13(10)16(20)12-6-9(22-2)7-18-14(12)15/h3-7H,1-2H3,(H,19,21). The predicted octanol–water partition coefficient (Wildman–Crippen LogP) is 2.45. The molecule has 1 aliphatic carbocycles. The van der Waals surface area contributed by atoms with Crippen molar-refractivity contribution < 1.29 is 9.53 Å². The number of ether oxygens (including phenoxy) is 1. The highest BCUT2D eigenvalue weighted by atomic mass is 16.5. The summed E-state index contributed by atoms with van der Waals surface area (Å²) in [4.78, 5) is 32.1. The molecule has 108 valence electrons. The molecular formula is C17H12N2O3. The fourth-order valence-corrected chi connectivity index (χ4v) is 2.92. The number of hydrogen-bond donors (Lipinski definition) is 1. The lowest BCUT2D eigenvalue weighted by molar-refractivity contribution is 0.104. The van der Waals surface area contributed by atoms with Gasteiger partial charge in [-0.05, 0) is 19.1 Å². The molecular weight excluding hydrogens is 280 g/mol. The van der Waals surface area contributed by atoms with Crippen molar-refractivity contribution in [1.29, 1.82) is 0 Å². The molecule has 5 nitrogen and oxygen atoms in total. The third-order valence-electron chi connectivity index (χ3n) is 3.98. The molecule has 0 aliphatic heterocycles. The smallest absolute Gasteiger partial charge is 0.256 e. The first-order valence-electron chi connectivity index (χ1n) is 6.86. The Bertz CT molecular complexity index is 1020. The number of fused-ring (bicyclic) bond motifs is 5. The predicted molar refractivity (Wildman–Crippen MR) is 82.5 cm³/mol. The number of carbonyl (C=O) groups excluding carboxylic acids is 1. The van der Waals surface area contributed by atoms with E-state index in [9.17, 15) is 9.59 Å². The Morgan fingerprint density at radius 2 is 1.95 bits per heavy atom. The average molecular weight is 292 g/mol. The Morgan fingerprint density at radius 3 is 2.73 bits per heavy atom. The number of pyridine rings is 2. The number of H-pyrrole nitrogens is 1. The van der Waals surface area contributed by atoms with Gasteiger partial charge in [-0.15, -0.1) is 0 Å². The minimum absolute atomic E-state index is 0.137. The van der Waals surface area contributed by atoms with Gasteiger partial charge in [0, 0.05) is 10.8 Å². The molecule has 0 radical (unpaired) electrons. The molecule has 0 amide bonds. The average Bonchev–Trinajstić information content (AvgIpc) is 2.80. The van der Waals surface area contributed by atoms with E-state index in [1.54, 1.807) is 18.3 Å². The molecule has 0 saturated heterocycles. The Kier molecular flexibility index (Phi) is 2.48. The fraction of sp³-hybridized carbons (Fsp3) is 0.118. The number of rotatable bonds is 1. The highest BCUT2D eigenvalue weighted by molar-refractivity contribution is 6.26. The summed E-state index contributed by atoms with van der Waals surface area (Å²) in [5.74, 6) is 0.379. The molecule has 1 N–H and O–H groups in total. The van der Waals surface area contributed by atoms with E-state index in [1.165, 1.54) is 7.11 Å². The number of ketones is 1. The number of hydrogen-bond acceptors (Lipinski definition) is 4. The SMILES string of the molecule is COc1cnc2c(c1)C(=O)c1c-2[nH]c(=O)c2cc(C)ccc12. The molecule has 1 aliphatic rings. The van der Waals surface area contributed by atoms with Crippen LogP contribution in [0.25, 0.3) is 22.2 Å². The van der Waals surface area contributed by atoms with Gasteiger partial charge in [-0.1, -0.05) is 17.7 Å².